The molecule has 2 N–H and O–H groups in total. The van der Waals surface area contributed by atoms with Crippen molar-refractivity contribution in [1.29, 1.82) is 0 Å². The van der Waals surface area contributed by atoms with E-state index in [1.54, 1.807) is 0 Å². The van der Waals surface area contributed by atoms with Gasteiger partial charge in [0.05, 0.1) is 0 Å². The van der Waals surface area contributed by atoms with E-state index < -0.39 is 12.3 Å². The third-order valence-electron chi connectivity index (χ3n) is 0.149. The van der Waals surface area contributed by atoms with Crippen LogP contribution in [0.3, 0.4) is 0 Å². The molecule has 0 amide bonds. The van der Waals surface area contributed by atoms with Gasteiger partial charge in [-0.25, -0.2) is 0 Å². The Balaban J connectivity index is -0.000000107. The predicted octanol–water partition coefficient (Wildman–Crippen LogP) is -2.36. The van der Waals surface area contributed by atoms with Gasteiger partial charge in [0.25, 0.3) is 12.3 Å². The van der Waals surface area contributed by atoms with Gasteiger partial charge < -0.3 is 29.6 Å². The summed E-state index contributed by atoms with van der Waals surface area (Å²) in [5.74, 6) is 0. The Morgan fingerprint density at radius 2 is 1.09 bits per heavy atom. The molecular formula is C2H2CuO8. The molecule has 0 rings (SSSR count). The van der Waals surface area contributed by atoms with Gasteiger partial charge in [-0.3, -0.25) is 10.5 Å². The molecule has 0 spiro atoms. The maximum Gasteiger partial charge on any atom is 2.00 e. The second-order valence-corrected chi connectivity index (χ2v) is 0.683. The van der Waals surface area contributed by atoms with Gasteiger partial charge in [-0.2, -0.15) is 0 Å². The monoisotopic (exact) mass is 217 g/mol. The molecule has 8 nitrogen and oxygen atoms in total. The largest absolute Gasteiger partial charge is 2.00 e. The number of carboxylic acid groups (broad SMARTS) is 2. The second-order valence-electron chi connectivity index (χ2n) is 0.683. The third kappa shape index (κ3) is 49.3. The van der Waals surface area contributed by atoms with Crippen LogP contribution in [0.1, 0.15) is 0 Å². The fourth-order valence-electron chi connectivity index (χ4n) is 0. The Bertz CT molecular complexity index is 96.7. The van der Waals surface area contributed by atoms with Gasteiger partial charge in [-0.15, -0.1) is 0 Å². The Morgan fingerprint density at radius 3 is 1.09 bits per heavy atom. The Kier molecular flexibility index (Phi) is 17.6. The molecule has 0 unspecified atom stereocenters. The Hall–Kier alpha value is -1.02. The van der Waals surface area contributed by atoms with Crippen LogP contribution in [0.4, 0.5) is 9.59 Å². The third-order valence-corrected chi connectivity index (χ3v) is 0.149. The van der Waals surface area contributed by atoms with E-state index in [9.17, 15) is 0 Å². The summed E-state index contributed by atoms with van der Waals surface area (Å²) in [7, 11) is 0. The van der Waals surface area contributed by atoms with Crippen LogP contribution in [-0.4, -0.2) is 22.8 Å². The summed E-state index contributed by atoms with van der Waals surface area (Å²) in [5.41, 5.74) is 0. The van der Waals surface area contributed by atoms with Crippen LogP contribution in [0.25, 0.3) is 0 Å². The van der Waals surface area contributed by atoms with Gasteiger partial charge in [-0.05, 0) is 0 Å². The smallest absolute Gasteiger partial charge is 0.424 e. The van der Waals surface area contributed by atoms with E-state index in [0.29, 0.717) is 0 Å². The number of carbonyl (C=O) groups is 2. The fraction of sp³-hybridized carbons (Fsp3) is 0. The maximum atomic E-state index is 8.78. The zero-order valence-electron chi connectivity index (χ0n) is 4.65. The molecule has 0 atom stereocenters. The molecule has 0 aromatic heterocycles. The summed E-state index contributed by atoms with van der Waals surface area (Å²) in [6.45, 7) is 0. The molecule has 0 heterocycles. The number of hydrogen-bond acceptors (Lipinski definition) is 8. The van der Waals surface area contributed by atoms with Crippen LogP contribution in [0.2, 0.25) is 0 Å². The zero-order valence-corrected chi connectivity index (χ0v) is 5.59. The fourth-order valence-corrected chi connectivity index (χ4v) is 0. The standard InChI is InChI=1S/2CH2O4.Cu/c2*2-1(3)5-4;/h2*4H,(H,2,3);/q;;+2/p-2. The van der Waals surface area contributed by atoms with E-state index in [0.717, 1.165) is 0 Å². The molecule has 1 radical (unpaired) electrons. The van der Waals surface area contributed by atoms with E-state index in [4.69, 9.17) is 30.3 Å². The van der Waals surface area contributed by atoms with Crippen molar-refractivity contribution in [2.24, 2.45) is 0 Å². The van der Waals surface area contributed by atoms with E-state index in [-0.39, 0.29) is 17.1 Å². The second kappa shape index (κ2) is 11.7. The average molecular weight is 218 g/mol. The summed E-state index contributed by atoms with van der Waals surface area (Å²) in [6, 6.07) is 0. The molecule has 0 fully saturated rings. The van der Waals surface area contributed by atoms with Crippen LogP contribution >= 0.6 is 0 Å². The van der Waals surface area contributed by atoms with Crippen LogP contribution in [0, 0.1) is 0 Å². The molecule has 11 heavy (non-hydrogen) atoms. The van der Waals surface area contributed by atoms with E-state index in [1.807, 2.05) is 0 Å². The molecular weight excluding hydrogens is 216 g/mol. The summed E-state index contributed by atoms with van der Waals surface area (Å²) in [5, 5.41) is 31.5. The van der Waals surface area contributed by atoms with Crippen molar-refractivity contribution < 1.29 is 57.2 Å². The quantitative estimate of drug-likeness (QED) is 0.261. The summed E-state index contributed by atoms with van der Waals surface area (Å²) < 4.78 is 0. The van der Waals surface area contributed by atoms with Crippen molar-refractivity contribution in [3.05, 3.63) is 0 Å². The first-order valence-corrected chi connectivity index (χ1v) is 1.59. The number of hydrogen-bond donors (Lipinski definition) is 2. The van der Waals surface area contributed by atoms with Crippen LogP contribution in [0.5, 0.6) is 0 Å². The Morgan fingerprint density at radius 1 is 1.00 bits per heavy atom. The van der Waals surface area contributed by atoms with Gasteiger partial charge in [0.1, 0.15) is 0 Å². The summed E-state index contributed by atoms with van der Waals surface area (Å²) in [6.07, 6.45) is -3.88. The van der Waals surface area contributed by atoms with Gasteiger partial charge in [0.15, 0.2) is 0 Å². The van der Waals surface area contributed by atoms with Crippen LogP contribution in [0.15, 0.2) is 0 Å². The SMILES string of the molecule is O=C([O-])OO.O=C([O-])OO.[Cu+2]. The van der Waals surface area contributed by atoms with E-state index in [2.05, 4.69) is 9.78 Å². The van der Waals surface area contributed by atoms with Crippen molar-refractivity contribution >= 4 is 12.3 Å². The molecule has 69 valence electrons. The van der Waals surface area contributed by atoms with Crippen molar-refractivity contribution in [3.8, 4) is 0 Å². The van der Waals surface area contributed by atoms with Gasteiger partial charge in [-0.1, -0.05) is 0 Å². The first-order valence-electron chi connectivity index (χ1n) is 1.59. The first kappa shape index (κ1) is 16.5. The van der Waals surface area contributed by atoms with Crippen LogP contribution in [-0.2, 0) is 26.8 Å². The molecule has 0 saturated heterocycles. The summed E-state index contributed by atoms with van der Waals surface area (Å²) in [4.78, 5) is 22.7. The van der Waals surface area contributed by atoms with E-state index in [1.165, 1.54) is 0 Å². The van der Waals surface area contributed by atoms with Crippen molar-refractivity contribution in [3.63, 3.8) is 0 Å². The minimum atomic E-state index is -1.94. The average Bonchev–Trinajstić information content (AvgIpc) is 1.89. The molecule has 0 saturated carbocycles. The minimum absolute atomic E-state index is 0. The number of rotatable bonds is 0. The molecule has 9 heteroatoms. The molecule has 0 aliphatic rings. The first-order chi connectivity index (χ1) is 4.54. The minimum Gasteiger partial charge on any atom is -0.424 e. The molecule has 0 aliphatic heterocycles. The summed E-state index contributed by atoms with van der Waals surface area (Å²) >= 11 is 0. The maximum absolute atomic E-state index is 8.78. The van der Waals surface area contributed by atoms with Crippen molar-refractivity contribution in [1.82, 2.24) is 0 Å². The molecule has 0 bridgehead atoms. The van der Waals surface area contributed by atoms with Gasteiger partial charge in [0, 0.05) is 0 Å². The normalized spacial score (nSPS) is 6.00. The van der Waals surface area contributed by atoms with Crippen molar-refractivity contribution in [2.45, 2.75) is 0 Å². The van der Waals surface area contributed by atoms with Gasteiger partial charge in [0.2, 0.25) is 0 Å². The predicted molar refractivity (Wildman–Crippen MR) is 18.2 cm³/mol. The van der Waals surface area contributed by atoms with E-state index >= 15 is 0 Å². The van der Waals surface area contributed by atoms with Gasteiger partial charge >= 0.3 is 17.1 Å². The number of carbonyl (C=O) groups excluding carboxylic acids is 2. The topological polar surface area (TPSA) is 139 Å². The molecule has 0 aliphatic carbocycles. The van der Waals surface area contributed by atoms with Crippen LogP contribution < -0.4 is 10.2 Å². The van der Waals surface area contributed by atoms with Crippen molar-refractivity contribution in [2.75, 3.05) is 0 Å². The molecule has 0 aromatic rings. The Labute approximate surface area is 70.3 Å². The zero-order chi connectivity index (χ0) is 8.57. The molecule has 0 aromatic carbocycles.